The van der Waals surface area contributed by atoms with E-state index in [1.165, 1.54) is 77.0 Å². The number of Topliss-reactive ketones (excluding diaryl/α,β-unsaturated/α-hetero) is 1. The van der Waals surface area contributed by atoms with Gasteiger partial charge in [-0.1, -0.05) is 35.7 Å². The second kappa shape index (κ2) is 8.51. The maximum absolute atomic E-state index is 14.7. The molecule has 11 aliphatic carbocycles. The normalized spacial score (nSPS) is 54.4. The Morgan fingerprint density at radius 1 is 0.667 bits per heavy atom. The molecular formula is C34H44O3S2. The first-order chi connectivity index (χ1) is 18.8. The van der Waals surface area contributed by atoms with Crippen LogP contribution in [0.25, 0.3) is 0 Å². The van der Waals surface area contributed by atoms with Crippen molar-refractivity contribution in [2.75, 3.05) is 0 Å². The molecule has 11 aliphatic rings. The van der Waals surface area contributed by atoms with Gasteiger partial charge < -0.3 is 0 Å². The summed E-state index contributed by atoms with van der Waals surface area (Å²) in [5, 5.41) is 0.343. The highest BCUT2D eigenvalue weighted by atomic mass is 32.2. The van der Waals surface area contributed by atoms with Gasteiger partial charge in [0.15, 0.2) is 0 Å². The molecule has 0 heterocycles. The lowest BCUT2D eigenvalue weighted by atomic mass is 9.56. The van der Waals surface area contributed by atoms with Crippen molar-refractivity contribution in [1.29, 1.82) is 0 Å². The lowest BCUT2D eigenvalue weighted by molar-refractivity contribution is -0.133. The number of ketones is 1. The van der Waals surface area contributed by atoms with Gasteiger partial charge in [-0.3, -0.25) is 14.4 Å². The monoisotopic (exact) mass is 564 g/mol. The van der Waals surface area contributed by atoms with Gasteiger partial charge in [0.25, 0.3) is 0 Å². The smallest absolute Gasteiger partial charge is 0.201 e. The molecule has 0 saturated heterocycles. The van der Waals surface area contributed by atoms with Gasteiger partial charge in [0.1, 0.15) is 11.7 Å². The first kappa shape index (κ1) is 25.0. The number of rotatable bonds is 5. The number of carbonyl (C=O) groups is 3. The van der Waals surface area contributed by atoms with Crippen LogP contribution in [0.2, 0.25) is 0 Å². The second-order valence-corrected chi connectivity index (χ2v) is 19.3. The van der Waals surface area contributed by atoms with Crippen LogP contribution in [-0.4, -0.2) is 25.5 Å². The van der Waals surface area contributed by atoms with E-state index in [0.717, 1.165) is 54.8 Å². The summed E-state index contributed by atoms with van der Waals surface area (Å²) in [6, 6.07) is 0. The van der Waals surface area contributed by atoms with Crippen molar-refractivity contribution in [1.82, 2.24) is 0 Å². The first-order valence-electron chi connectivity index (χ1n) is 16.5. The van der Waals surface area contributed by atoms with E-state index in [4.69, 9.17) is 0 Å². The van der Waals surface area contributed by atoms with Crippen LogP contribution in [0.3, 0.4) is 0 Å². The van der Waals surface area contributed by atoms with Crippen LogP contribution in [0.5, 0.6) is 0 Å². The fraction of sp³-hybridized carbons (Fsp3) is 0.853. The van der Waals surface area contributed by atoms with E-state index in [1.54, 1.807) is 23.5 Å². The highest BCUT2D eigenvalue weighted by Gasteiger charge is 2.64. The maximum atomic E-state index is 14.7. The number of fused-ring (bicyclic) bond motifs is 3. The molecule has 210 valence electrons. The number of allylic oxidation sites excluding steroid dienone is 2. The van der Waals surface area contributed by atoms with E-state index in [1.807, 2.05) is 0 Å². The summed E-state index contributed by atoms with van der Waals surface area (Å²) in [4.78, 5) is 43.1. The Labute approximate surface area is 242 Å². The second-order valence-electron chi connectivity index (χ2n) is 16.3. The number of thioether (sulfide) groups is 2. The molecule has 10 bridgehead atoms. The standard InChI is InChI=1S/C34H44O3S2/c35-28-4-3-27(34(28)18-19-1-2-26(34)11-19)29(30(36)38-32-12-20-5-21(13-32)7-22(6-20)14-32)31(37)39-33-15-23-8-24(16-33)10-25(9-23)17-33/h1-2,19-27,29H,3-18H2/t19-,20?,21?,22?,23?,24?,25?,26+,27+,29?,32?,33?,34+/m1/s1. The van der Waals surface area contributed by atoms with Crippen molar-refractivity contribution >= 4 is 39.5 Å². The van der Waals surface area contributed by atoms with Gasteiger partial charge in [0.2, 0.25) is 10.2 Å². The Morgan fingerprint density at radius 2 is 1.13 bits per heavy atom. The summed E-state index contributed by atoms with van der Waals surface area (Å²) in [7, 11) is 0. The number of carbonyl (C=O) groups excluding carboxylic acids is 3. The van der Waals surface area contributed by atoms with E-state index in [9.17, 15) is 14.4 Å². The topological polar surface area (TPSA) is 51.2 Å². The molecule has 0 radical (unpaired) electrons. The molecule has 10 saturated carbocycles. The fourth-order valence-electron chi connectivity index (χ4n) is 13.4. The van der Waals surface area contributed by atoms with Crippen molar-refractivity contribution < 1.29 is 14.4 Å². The zero-order valence-corrected chi connectivity index (χ0v) is 24.9. The van der Waals surface area contributed by atoms with Crippen molar-refractivity contribution in [3.05, 3.63) is 12.2 Å². The van der Waals surface area contributed by atoms with Gasteiger partial charge in [0.05, 0.1) is 0 Å². The summed E-state index contributed by atoms with van der Waals surface area (Å²) in [5.41, 5.74) is -0.445. The van der Waals surface area contributed by atoms with Crippen molar-refractivity contribution in [3.63, 3.8) is 0 Å². The predicted molar refractivity (Wildman–Crippen MR) is 156 cm³/mol. The molecule has 5 heteroatoms. The molecule has 0 aromatic rings. The maximum Gasteiger partial charge on any atom is 0.201 e. The summed E-state index contributed by atoms with van der Waals surface area (Å²) in [5.74, 6) is 5.19. The average Bonchev–Trinajstić information content (AvgIpc) is 3.53. The zero-order valence-electron chi connectivity index (χ0n) is 23.3. The van der Waals surface area contributed by atoms with Crippen molar-refractivity contribution in [2.24, 2.45) is 64.6 Å². The zero-order chi connectivity index (χ0) is 26.1. The molecule has 0 aliphatic heterocycles. The minimum atomic E-state index is -0.583. The fourth-order valence-corrected chi connectivity index (χ4v) is 17.0. The molecule has 1 spiro atoms. The average molecular weight is 565 g/mol. The van der Waals surface area contributed by atoms with E-state index >= 15 is 0 Å². The third kappa shape index (κ3) is 3.72. The van der Waals surface area contributed by atoms with Crippen molar-refractivity contribution in [2.45, 2.75) is 112 Å². The van der Waals surface area contributed by atoms with Gasteiger partial charge in [0, 0.05) is 21.3 Å². The molecule has 0 aromatic heterocycles. The van der Waals surface area contributed by atoms with Crippen molar-refractivity contribution in [3.8, 4) is 0 Å². The van der Waals surface area contributed by atoms with Crippen LogP contribution < -0.4 is 0 Å². The lowest BCUT2D eigenvalue weighted by Crippen LogP contribution is -2.51. The molecule has 0 N–H and O–H groups in total. The van der Waals surface area contributed by atoms with Gasteiger partial charge in [-0.2, -0.15) is 0 Å². The molecule has 0 amide bonds. The SMILES string of the molecule is O=C(SC12CC3CC(CC(C3)C1)C2)C(C(=O)SC12CC3CC(CC(C3)C1)C2)[C@@H]1CCC(=O)[C@]12C[C@@H]1C=C[C@H]2C1. The summed E-state index contributed by atoms with van der Waals surface area (Å²) in [6.45, 7) is 0. The van der Waals surface area contributed by atoms with E-state index in [-0.39, 0.29) is 31.6 Å². The minimum absolute atomic E-state index is 0.0695. The molecule has 11 rings (SSSR count). The van der Waals surface area contributed by atoms with Crippen LogP contribution in [0.15, 0.2) is 12.2 Å². The Balaban J connectivity index is 1.05. The Hall–Kier alpha value is -0.550. The highest BCUT2D eigenvalue weighted by molar-refractivity contribution is 8.17. The third-order valence-corrected chi connectivity index (χ3v) is 16.6. The molecule has 10 fully saturated rings. The largest absolute Gasteiger partial charge is 0.299 e. The Morgan fingerprint density at radius 3 is 1.51 bits per heavy atom. The molecule has 0 unspecified atom stereocenters. The molecular weight excluding hydrogens is 521 g/mol. The van der Waals surface area contributed by atoms with Gasteiger partial charge in [-0.15, -0.1) is 0 Å². The van der Waals surface area contributed by atoms with E-state index < -0.39 is 11.3 Å². The number of hydrogen-bond donors (Lipinski definition) is 0. The molecule has 3 nitrogen and oxygen atoms in total. The van der Waals surface area contributed by atoms with Gasteiger partial charge >= 0.3 is 0 Å². The van der Waals surface area contributed by atoms with Crippen LogP contribution in [-0.2, 0) is 14.4 Å². The third-order valence-electron chi connectivity index (χ3n) is 13.8. The quantitative estimate of drug-likeness (QED) is 0.254. The summed E-state index contributed by atoms with van der Waals surface area (Å²) >= 11 is 3.27. The molecule has 39 heavy (non-hydrogen) atoms. The van der Waals surface area contributed by atoms with E-state index in [2.05, 4.69) is 12.2 Å². The van der Waals surface area contributed by atoms with Crippen LogP contribution in [0.1, 0.15) is 103 Å². The predicted octanol–water partition coefficient (Wildman–Crippen LogP) is 7.62. The Kier molecular flexibility index (Phi) is 5.46. The summed E-state index contributed by atoms with van der Waals surface area (Å²) < 4.78 is 0.139. The van der Waals surface area contributed by atoms with Crippen LogP contribution in [0.4, 0.5) is 0 Å². The highest BCUT2D eigenvalue weighted by Crippen LogP contribution is 2.67. The van der Waals surface area contributed by atoms with E-state index in [0.29, 0.717) is 18.1 Å². The first-order valence-corrected chi connectivity index (χ1v) is 18.1. The molecule has 0 aromatic carbocycles. The van der Waals surface area contributed by atoms with Crippen LogP contribution in [0, 0.1) is 64.6 Å². The van der Waals surface area contributed by atoms with Gasteiger partial charge in [-0.05, 0) is 150 Å². The van der Waals surface area contributed by atoms with Gasteiger partial charge in [-0.25, -0.2) is 0 Å². The molecule has 4 atom stereocenters. The lowest BCUT2D eigenvalue weighted by Gasteiger charge is -2.57. The minimum Gasteiger partial charge on any atom is -0.299 e. The summed E-state index contributed by atoms with van der Waals surface area (Å²) in [6.07, 6.45) is 23.2. The Bertz CT molecular complexity index is 1030. The van der Waals surface area contributed by atoms with Crippen LogP contribution >= 0.6 is 23.5 Å². The number of hydrogen-bond acceptors (Lipinski definition) is 5.